The van der Waals surface area contributed by atoms with Gasteiger partial charge in [-0.25, -0.2) is 4.79 Å². The largest absolute Gasteiger partial charge is 0.475 e. The summed E-state index contributed by atoms with van der Waals surface area (Å²) >= 11 is 0. The molecule has 0 aliphatic rings. The number of furan rings is 1. The van der Waals surface area contributed by atoms with Crippen LogP contribution in [0.3, 0.4) is 0 Å². The van der Waals surface area contributed by atoms with E-state index in [9.17, 15) is 14.4 Å². The highest BCUT2D eigenvalue weighted by Gasteiger charge is 2.20. The molecule has 2 aromatic rings. The van der Waals surface area contributed by atoms with Gasteiger partial charge in [-0.2, -0.15) is 0 Å². The molecule has 0 atom stereocenters. The summed E-state index contributed by atoms with van der Waals surface area (Å²) < 4.78 is 5.08. The van der Waals surface area contributed by atoms with Crippen LogP contribution in [0.25, 0.3) is 0 Å². The summed E-state index contributed by atoms with van der Waals surface area (Å²) in [5.74, 6) is -3.38. The molecule has 2 rings (SSSR count). The van der Waals surface area contributed by atoms with Crippen molar-refractivity contribution in [1.82, 2.24) is 0 Å². The molecule has 0 aliphatic heterocycles. The van der Waals surface area contributed by atoms with Crippen LogP contribution in [0.15, 0.2) is 47.1 Å². The van der Waals surface area contributed by atoms with E-state index in [1.54, 1.807) is 0 Å². The second-order valence-corrected chi connectivity index (χ2v) is 4.31. The molecule has 5 nitrogen and oxygen atoms in total. The van der Waals surface area contributed by atoms with Gasteiger partial charge in [0.15, 0.2) is 5.76 Å². The number of aliphatic carboxylic acids is 1. The quantitative estimate of drug-likeness (QED) is 0.494. The van der Waals surface area contributed by atoms with Gasteiger partial charge >= 0.3 is 5.97 Å². The zero-order valence-electron chi connectivity index (χ0n) is 10.5. The summed E-state index contributed by atoms with van der Waals surface area (Å²) in [4.78, 5) is 33.0. The number of carboxylic acid groups (broad SMARTS) is 1. The van der Waals surface area contributed by atoms with E-state index in [2.05, 4.69) is 0 Å². The summed E-state index contributed by atoms with van der Waals surface area (Å²) in [5, 5.41) is 8.45. The Kier molecular flexibility index (Phi) is 4.10. The van der Waals surface area contributed by atoms with Crippen LogP contribution in [0.4, 0.5) is 0 Å². The minimum Gasteiger partial charge on any atom is -0.475 e. The first kappa shape index (κ1) is 13.7. The number of carbonyl (C=O) groups is 3. The molecule has 0 spiro atoms. The van der Waals surface area contributed by atoms with Crippen LogP contribution < -0.4 is 0 Å². The van der Waals surface area contributed by atoms with Crippen molar-refractivity contribution in [2.75, 3.05) is 0 Å². The van der Waals surface area contributed by atoms with Gasteiger partial charge in [-0.1, -0.05) is 30.3 Å². The number of benzene rings is 1. The zero-order valence-corrected chi connectivity index (χ0v) is 10.5. The monoisotopic (exact) mass is 272 g/mol. The molecule has 0 bridgehead atoms. The van der Waals surface area contributed by atoms with E-state index in [0.717, 1.165) is 11.1 Å². The number of carbonyl (C=O) groups excluding carboxylic acids is 2. The highest BCUT2D eigenvalue weighted by atomic mass is 16.4. The average molecular weight is 272 g/mol. The third-order valence-corrected chi connectivity index (χ3v) is 2.74. The van der Waals surface area contributed by atoms with E-state index in [1.807, 2.05) is 30.3 Å². The average Bonchev–Trinajstić information content (AvgIpc) is 2.88. The fourth-order valence-electron chi connectivity index (χ4n) is 1.75. The van der Waals surface area contributed by atoms with Crippen LogP contribution >= 0.6 is 0 Å². The topological polar surface area (TPSA) is 84.6 Å². The van der Waals surface area contributed by atoms with Gasteiger partial charge in [-0.3, -0.25) is 9.59 Å². The van der Waals surface area contributed by atoms with Crippen molar-refractivity contribution in [1.29, 1.82) is 0 Å². The van der Waals surface area contributed by atoms with Gasteiger partial charge in [0.1, 0.15) is 0 Å². The molecule has 102 valence electrons. The third-order valence-electron chi connectivity index (χ3n) is 2.74. The van der Waals surface area contributed by atoms with Gasteiger partial charge < -0.3 is 9.52 Å². The highest BCUT2D eigenvalue weighted by Crippen LogP contribution is 2.14. The third kappa shape index (κ3) is 3.41. The molecule has 1 heterocycles. The maximum Gasteiger partial charge on any atom is 0.372 e. The van der Waals surface area contributed by atoms with Gasteiger partial charge in [-0.15, -0.1) is 0 Å². The van der Waals surface area contributed by atoms with Crippen molar-refractivity contribution in [3.05, 3.63) is 59.5 Å². The molecule has 0 fully saturated rings. The number of rotatable bonds is 6. The van der Waals surface area contributed by atoms with Crippen molar-refractivity contribution in [2.45, 2.75) is 12.8 Å². The van der Waals surface area contributed by atoms with Gasteiger partial charge in [0.2, 0.25) is 11.6 Å². The predicted molar refractivity (Wildman–Crippen MR) is 69.5 cm³/mol. The second-order valence-electron chi connectivity index (χ2n) is 4.31. The maximum atomic E-state index is 11.6. The molecule has 0 saturated carbocycles. The van der Waals surface area contributed by atoms with Crippen LogP contribution in [0, 0.1) is 0 Å². The highest BCUT2D eigenvalue weighted by molar-refractivity contribution is 6.37. The first-order valence-electron chi connectivity index (χ1n) is 5.97. The molecule has 0 radical (unpaired) electrons. The Hall–Kier alpha value is -2.69. The van der Waals surface area contributed by atoms with Crippen LogP contribution in [-0.4, -0.2) is 22.6 Å². The standard InChI is InChI=1S/C15H12O5/c16-12(8-13(17)15(18)19)14-7-11(9-20-14)6-10-4-2-1-3-5-10/h1-5,7,9H,6,8H2,(H,18,19). The van der Waals surface area contributed by atoms with Gasteiger partial charge in [-0.05, 0) is 17.2 Å². The molecule has 0 amide bonds. The summed E-state index contributed by atoms with van der Waals surface area (Å²) in [5.41, 5.74) is 1.86. The Bertz CT molecular complexity index is 639. The lowest BCUT2D eigenvalue weighted by atomic mass is 10.1. The summed E-state index contributed by atoms with van der Waals surface area (Å²) in [7, 11) is 0. The Labute approximate surface area is 114 Å². The molecule has 0 saturated heterocycles. The molecule has 5 heteroatoms. The minimum absolute atomic E-state index is 0.00512. The van der Waals surface area contributed by atoms with Gasteiger partial charge in [0.25, 0.3) is 0 Å². The van der Waals surface area contributed by atoms with Crippen LogP contribution in [0.2, 0.25) is 0 Å². The summed E-state index contributed by atoms with van der Waals surface area (Å²) in [6, 6.07) is 11.2. The fraction of sp³-hybridized carbons (Fsp3) is 0.133. The first-order chi connectivity index (χ1) is 9.56. The predicted octanol–water partition coefficient (Wildman–Crippen LogP) is 2.10. The number of hydrogen-bond donors (Lipinski definition) is 1. The van der Waals surface area contributed by atoms with E-state index in [-0.39, 0.29) is 5.76 Å². The molecule has 20 heavy (non-hydrogen) atoms. The number of ketones is 2. The second kappa shape index (κ2) is 5.97. The van der Waals surface area contributed by atoms with E-state index < -0.39 is 24.0 Å². The Balaban J connectivity index is 2.04. The molecule has 1 aromatic heterocycles. The summed E-state index contributed by atoms with van der Waals surface area (Å²) in [6.45, 7) is 0. The van der Waals surface area contributed by atoms with E-state index in [4.69, 9.17) is 9.52 Å². The van der Waals surface area contributed by atoms with Gasteiger partial charge in [0, 0.05) is 6.42 Å². The number of carboxylic acids is 1. The van der Waals surface area contributed by atoms with Crippen LogP contribution in [-0.2, 0) is 16.0 Å². The van der Waals surface area contributed by atoms with Crippen LogP contribution in [0.5, 0.6) is 0 Å². The van der Waals surface area contributed by atoms with Crippen LogP contribution in [0.1, 0.15) is 28.1 Å². The lowest BCUT2D eigenvalue weighted by Crippen LogP contribution is -2.16. The smallest absolute Gasteiger partial charge is 0.372 e. The molecule has 0 aliphatic carbocycles. The van der Waals surface area contributed by atoms with E-state index in [0.29, 0.717) is 6.42 Å². The fourth-order valence-corrected chi connectivity index (χ4v) is 1.75. The molecule has 1 aromatic carbocycles. The lowest BCUT2D eigenvalue weighted by molar-refractivity contribution is -0.148. The zero-order chi connectivity index (χ0) is 14.5. The van der Waals surface area contributed by atoms with Gasteiger partial charge in [0.05, 0.1) is 12.7 Å². The molecule has 1 N–H and O–H groups in total. The molecular formula is C15H12O5. The normalized spacial score (nSPS) is 10.2. The Morgan fingerprint density at radius 1 is 1.05 bits per heavy atom. The Morgan fingerprint density at radius 3 is 2.40 bits per heavy atom. The first-order valence-corrected chi connectivity index (χ1v) is 5.97. The minimum atomic E-state index is -1.62. The van der Waals surface area contributed by atoms with Crippen molar-refractivity contribution in [3.8, 4) is 0 Å². The lowest BCUT2D eigenvalue weighted by Gasteiger charge is -1.96. The number of Topliss-reactive ketones (excluding diaryl/α,β-unsaturated/α-hetero) is 2. The molecule has 0 unspecified atom stereocenters. The Morgan fingerprint density at radius 2 is 1.75 bits per heavy atom. The molecular weight excluding hydrogens is 260 g/mol. The van der Waals surface area contributed by atoms with Crippen molar-refractivity contribution in [2.24, 2.45) is 0 Å². The van der Waals surface area contributed by atoms with Crippen molar-refractivity contribution in [3.63, 3.8) is 0 Å². The van der Waals surface area contributed by atoms with Crippen molar-refractivity contribution >= 4 is 17.5 Å². The summed E-state index contributed by atoms with van der Waals surface area (Å²) in [6.07, 6.45) is 1.35. The number of hydrogen-bond acceptors (Lipinski definition) is 4. The van der Waals surface area contributed by atoms with Crippen molar-refractivity contribution < 1.29 is 23.9 Å². The van der Waals surface area contributed by atoms with E-state index >= 15 is 0 Å². The maximum absolute atomic E-state index is 11.6. The van der Waals surface area contributed by atoms with E-state index in [1.165, 1.54) is 12.3 Å². The SMILES string of the molecule is O=C(O)C(=O)CC(=O)c1cc(Cc2ccccc2)co1.